The first-order chi connectivity index (χ1) is 9.02. The van der Waals surface area contributed by atoms with E-state index in [1.54, 1.807) is 11.8 Å². The van der Waals surface area contributed by atoms with Crippen LogP contribution in [0.25, 0.3) is 0 Å². The van der Waals surface area contributed by atoms with Crippen LogP contribution in [0.1, 0.15) is 59.9 Å². The summed E-state index contributed by atoms with van der Waals surface area (Å²) < 4.78 is 4.96. The molecule has 0 spiro atoms. The molecule has 0 bridgehead atoms. The van der Waals surface area contributed by atoms with Gasteiger partial charge in [0.15, 0.2) is 5.78 Å². The number of hydrogen-bond acceptors (Lipinski definition) is 4. The maximum atomic E-state index is 12.4. The van der Waals surface area contributed by atoms with Gasteiger partial charge < -0.3 is 4.52 Å². The summed E-state index contributed by atoms with van der Waals surface area (Å²) in [5.41, 5.74) is 0.661. The molecule has 1 rings (SSSR count). The Balaban J connectivity index is 2.68. The van der Waals surface area contributed by atoms with Gasteiger partial charge in [0.05, 0.1) is 16.9 Å². The quantitative estimate of drug-likeness (QED) is 0.787. The molecular formula is C16H27NO2S. The molecule has 20 heavy (non-hydrogen) atoms. The topological polar surface area (TPSA) is 43.1 Å². The number of carbonyl (C=O) groups excluding carboxylic acids is 1. The van der Waals surface area contributed by atoms with Gasteiger partial charge in [-0.25, -0.2) is 0 Å². The Morgan fingerprint density at radius 1 is 1.30 bits per heavy atom. The summed E-state index contributed by atoms with van der Waals surface area (Å²) in [6.45, 7) is 14.5. The molecule has 0 amide bonds. The van der Waals surface area contributed by atoms with Crippen LogP contribution < -0.4 is 0 Å². The second-order valence-corrected chi connectivity index (χ2v) is 8.89. The van der Waals surface area contributed by atoms with Crippen molar-refractivity contribution in [2.45, 2.75) is 65.0 Å². The Morgan fingerprint density at radius 3 is 2.35 bits per heavy atom. The van der Waals surface area contributed by atoms with Crippen LogP contribution in [0, 0.1) is 5.92 Å². The zero-order valence-corrected chi connectivity index (χ0v) is 14.6. The van der Waals surface area contributed by atoms with Gasteiger partial charge in [-0.15, -0.1) is 11.8 Å². The predicted molar refractivity (Wildman–Crippen MR) is 85.3 cm³/mol. The summed E-state index contributed by atoms with van der Waals surface area (Å²) in [7, 11) is 0. The fourth-order valence-corrected chi connectivity index (χ4v) is 2.56. The third-order valence-electron chi connectivity index (χ3n) is 3.09. The summed E-state index contributed by atoms with van der Waals surface area (Å²) in [6, 6.07) is 1.90. The molecule has 0 unspecified atom stereocenters. The van der Waals surface area contributed by atoms with E-state index in [0.29, 0.717) is 12.3 Å². The highest BCUT2D eigenvalue weighted by Crippen LogP contribution is 2.29. The van der Waals surface area contributed by atoms with Crippen molar-refractivity contribution in [2.24, 2.45) is 5.92 Å². The number of rotatable bonds is 6. The Labute approximate surface area is 126 Å². The van der Waals surface area contributed by atoms with Crippen LogP contribution in [0.3, 0.4) is 0 Å². The van der Waals surface area contributed by atoms with Crippen LogP contribution in [0.5, 0.6) is 0 Å². The minimum Gasteiger partial charge on any atom is -0.361 e. The van der Waals surface area contributed by atoms with Crippen LogP contribution >= 0.6 is 11.8 Å². The minimum absolute atomic E-state index is 0.0732. The van der Waals surface area contributed by atoms with Gasteiger partial charge in [-0.3, -0.25) is 4.79 Å². The summed E-state index contributed by atoms with van der Waals surface area (Å²) in [4.78, 5) is 12.4. The molecule has 0 fully saturated rings. The van der Waals surface area contributed by atoms with Crippen molar-refractivity contribution in [3.63, 3.8) is 0 Å². The van der Waals surface area contributed by atoms with Crippen LogP contribution in [0.15, 0.2) is 10.6 Å². The molecule has 0 aliphatic carbocycles. The van der Waals surface area contributed by atoms with Gasteiger partial charge in [0.25, 0.3) is 0 Å². The number of Topliss-reactive ketones (excluding diaryl/α,β-unsaturated/α-hetero) is 1. The minimum atomic E-state index is -0.370. The van der Waals surface area contributed by atoms with E-state index in [1.165, 1.54) is 0 Å². The summed E-state index contributed by atoms with van der Waals surface area (Å²) in [5, 5.41) is 4.03. The van der Waals surface area contributed by atoms with Crippen LogP contribution in [0.2, 0.25) is 0 Å². The lowest BCUT2D eigenvalue weighted by atomic mass is 9.92. The first-order valence-corrected chi connectivity index (χ1v) is 8.14. The Morgan fingerprint density at radius 2 is 1.90 bits per heavy atom. The average molecular weight is 297 g/mol. The van der Waals surface area contributed by atoms with Gasteiger partial charge in [0, 0.05) is 11.5 Å². The van der Waals surface area contributed by atoms with Crippen molar-refractivity contribution in [2.75, 3.05) is 5.75 Å². The Hall–Kier alpha value is -0.770. The van der Waals surface area contributed by atoms with Gasteiger partial charge in [0.1, 0.15) is 5.76 Å². The molecule has 1 heterocycles. The van der Waals surface area contributed by atoms with E-state index in [1.807, 2.05) is 19.9 Å². The lowest BCUT2D eigenvalue weighted by molar-refractivity contribution is -0.120. The van der Waals surface area contributed by atoms with Crippen molar-refractivity contribution in [1.29, 1.82) is 0 Å². The first kappa shape index (κ1) is 17.3. The maximum Gasteiger partial charge on any atom is 0.154 e. The fraction of sp³-hybridized carbons (Fsp3) is 0.750. The van der Waals surface area contributed by atoms with Crippen molar-refractivity contribution in [3.05, 3.63) is 17.5 Å². The smallest absolute Gasteiger partial charge is 0.154 e. The number of carbonyl (C=O) groups is 1. The van der Waals surface area contributed by atoms with Crippen LogP contribution in [0.4, 0.5) is 0 Å². The molecule has 0 aliphatic rings. The summed E-state index contributed by atoms with van der Waals surface area (Å²) in [6.07, 6.45) is 0.345. The van der Waals surface area contributed by atoms with Gasteiger partial charge in [0.2, 0.25) is 0 Å². The van der Waals surface area contributed by atoms with E-state index in [-0.39, 0.29) is 15.9 Å². The normalized spacial score (nSPS) is 13.0. The third kappa shape index (κ3) is 4.97. The van der Waals surface area contributed by atoms with E-state index in [9.17, 15) is 4.79 Å². The molecule has 3 nitrogen and oxygen atoms in total. The van der Waals surface area contributed by atoms with Crippen molar-refractivity contribution in [1.82, 2.24) is 5.16 Å². The second-order valence-electron chi connectivity index (χ2n) is 7.25. The van der Waals surface area contributed by atoms with Crippen molar-refractivity contribution >= 4 is 17.5 Å². The number of nitrogens with zero attached hydrogens (tertiary/aromatic N) is 1. The second kappa shape index (κ2) is 6.33. The molecule has 0 saturated carbocycles. The molecule has 1 aromatic rings. The predicted octanol–water partition coefficient (Wildman–Crippen LogP) is 4.25. The first-order valence-electron chi connectivity index (χ1n) is 7.15. The highest BCUT2D eigenvalue weighted by atomic mass is 32.2. The maximum absolute atomic E-state index is 12.4. The van der Waals surface area contributed by atoms with Crippen LogP contribution in [-0.2, 0) is 16.6 Å². The molecule has 0 radical (unpaired) electrons. The average Bonchev–Trinajstić information content (AvgIpc) is 2.74. The Kier molecular flexibility index (Phi) is 5.47. The molecule has 0 aliphatic heterocycles. The van der Waals surface area contributed by atoms with Crippen LogP contribution in [-0.4, -0.2) is 21.4 Å². The Bertz CT molecular complexity index is 455. The largest absolute Gasteiger partial charge is 0.361 e. The number of ketones is 1. The molecule has 0 atom stereocenters. The third-order valence-corrected chi connectivity index (χ3v) is 4.87. The monoisotopic (exact) mass is 297 g/mol. The molecule has 0 N–H and O–H groups in total. The van der Waals surface area contributed by atoms with E-state index in [2.05, 4.69) is 39.8 Å². The zero-order valence-electron chi connectivity index (χ0n) is 13.7. The standard InChI is InChI=1S/C16H27NO2S/c1-11(2)10-20-16(6,7)13(18)8-12-9-14(19-17-12)15(3,4)5/h9,11H,8,10H2,1-7H3. The summed E-state index contributed by atoms with van der Waals surface area (Å²) >= 11 is 1.72. The molecule has 114 valence electrons. The number of aromatic nitrogens is 1. The van der Waals surface area contributed by atoms with E-state index < -0.39 is 0 Å². The van der Waals surface area contributed by atoms with E-state index in [0.717, 1.165) is 17.2 Å². The number of thioether (sulfide) groups is 1. The molecule has 0 aromatic carbocycles. The van der Waals surface area contributed by atoms with E-state index >= 15 is 0 Å². The van der Waals surface area contributed by atoms with Crippen molar-refractivity contribution in [3.8, 4) is 0 Å². The van der Waals surface area contributed by atoms with Gasteiger partial charge >= 0.3 is 0 Å². The van der Waals surface area contributed by atoms with E-state index in [4.69, 9.17) is 4.52 Å². The number of hydrogen-bond donors (Lipinski definition) is 0. The van der Waals surface area contributed by atoms with Gasteiger partial charge in [-0.05, 0) is 25.5 Å². The lowest BCUT2D eigenvalue weighted by Gasteiger charge is -2.23. The lowest BCUT2D eigenvalue weighted by Crippen LogP contribution is -2.30. The fourth-order valence-electron chi connectivity index (χ4n) is 1.58. The van der Waals surface area contributed by atoms with Crippen molar-refractivity contribution < 1.29 is 9.32 Å². The highest BCUT2D eigenvalue weighted by Gasteiger charge is 2.29. The molecular weight excluding hydrogens is 270 g/mol. The SMILES string of the molecule is CC(C)CSC(C)(C)C(=O)Cc1cc(C(C)(C)C)on1. The van der Waals surface area contributed by atoms with Gasteiger partial charge in [-0.2, -0.15) is 0 Å². The zero-order chi connectivity index (χ0) is 15.6. The highest BCUT2D eigenvalue weighted by molar-refractivity contribution is 8.01. The molecule has 4 heteroatoms. The molecule has 1 aromatic heterocycles. The van der Waals surface area contributed by atoms with Gasteiger partial charge in [-0.1, -0.05) is 39.8 Å². The summed E-state index contributed by atoms with van der Waals surface area (Å²) in [5.74, 6) is 2.61. The molecule has 0 saturated heterocycles.